The zero-order chi connectivity index (χ0) is 15.5. The van der Waals surface area contributed by atoms with E-state index in [9.17, 15) is 9.90 Å². The molecule has 3 rings (SSSR count). The summed E-state index contributed by atoms with van der Waals surface area (Å²) >= 11 is 5.16. The van der Waals surface area contributed by atoms with Gasteiger partial charge in [-0.1, -0.05) is 0 Å². The number of ether oxygens (including phenoxy) is 1. The molecule has 1 N–H and O–H groups in total. The van der Waals surface area contributed by atoms with Crippen molar-refractivity contribution in [3.05, 3.63) is 40.4 Å². The minimum absolute atomic E-state index is 0.436. The lowest BCUT2D eigenvalue weighted by molar-refractivity contribution is -0.307. The number of aliphatic carboxylic acids is 1. The second-order valence-corrected chi connectivity index (χ2v) is 5.33. The van der Waals surface area contributed by atoms with Crippen LogP contribution in [0.1, 0.15) is 30.1 Å². The maximum atomic E-state index is 10.3. The number of nitrogens with zero attached hydrogens (tertiary/aromatic N) is 3. The van der Waals surface area contributed by atoms with Crippen molar-refractivity contribution in [2.24, 2.45) is 5.10 Å². The molecule has 0 saturated heterocycles. The Balaban J connectivity index is 1.71. The summed E-state index contributed by atoms with van der Waals surface area (Å²) < 4.78 is 7.10. The summed E-state index contributed by atoms with van der Waals surface area (Å²) in [6.07, 6.45) is 3.89. The first-order chi connectivity index (χ1) is 10.6. The van der Waals surface area contributed by atoms with Crippen molar-refractivity contribution in [3.63, 3.8) is 0 Å². The Morgan fingerprint density at radius 2 is 2.23 bits per heavy atom. The highest BCUT2D eigenvalue weighted by atomic mass is 32.1. The molecule has 1 saturated carbocycles. The van der Waals surface area contributed by atoms with E-state index in [2.05, 4.69) is 15.3 Å². The van der Waals surface area contributed by atoms with E-state index >= 15 is 0 Å². The van der Waals surface area contributed by atoms with Crippen LogP contribution >= 0.6 is 12.2 Å². The summed E-state index contributed by atoms with van der Waals surface area (Å²) in [6.45, 7) is -0.470. The van der Waals surface area contributed by atoms with E-state index in [1.165, 1.54) is 0 Å². The molecule has 7 nitrogen and oxygen atoms in total. The number of carboxylic acids is 1. The molecule has 0 atom stereocenters. The Hall–Kier alpha value is -2.48. The van der Waals surface area contributed by atoms with Crippen LogP contribution in [-0.4, -0.2) is 33.7 Å². The molecule has 0 radical (unpaired) electrons. The average molecular weight is 317 g/mol. The molecule has 1 aliphatic rings. The number of benzene rings is 1. The van der Waals surface area contributed by atoms with E-state index in [1.807, 2.05) is 0 Å². The van der Waals surface area contributed by atoms with Gasteiger partial charge in [-0.2, -0.15) is 14.9 Å². The van der Waals surface area contributed by atoms with Crippen molar-refractivity contribution in [1.29, 1.82) is 0 Å². The summed E-state index contributed by atoms with van der Waals surface area (Å²) in [5.41, 5.74) is 0.839. The predicted molar refractivity (Wildman–Crippen MR) is 79.3 cm³/mol. The summed E-state index contributed by atoms with van der Waals surface area (Å²) in [4.78, 5) is 10.3. The third-order valence-corrected chi connectivity index (χ3v) is 3.44. The molecule has 1 aliphatic carbocycles. The van der Waals surface area contributed by atoms with Crippen LogP contribution in [0.25, 0.3) is 0 Å². The van der Waals surface area contributed by atoms with Gasteiger partial charge in [0.05, 0.1) is 12.2 Å². The number of nitrogens with one attached hydrogen (secondary N) is 1. The second-order valence-electron chi connectivity index (χ2n) is 4.95. The average Bonchev–Trinajstić information content (AvgIpc) is 3.28. The Morgan fingerprint density at radius 1 is 1.50 bits per heavy atom. The summed E-state index contributed by atoms with van der Waals surface area (Å²) in [6, 6.07) is 6.88. The summed E-state index contributed by atoms with van der Waals surface area (Å²) in [5, 5.41) is 21.6. The van der Waals surface area contributed by atoms with Crippen LogP contribution in [0.4, 0.5) is 0 Å². The fraction of sp³-hybridized carbons (Fsp3) is 0.286. The largest absolute Gasteiger partial charge is 0.546 e. The number of H-pyrrole nitrogens is 1. The van der Waals surface area contributed by atoms with Crippen LogP contribution in [-0.2, 0) is 4.79 Å². The predicted octanol–water partition coefficient (Wildman–Crippen LogP) is 0.829. The van der Waals surface area contributed by atoms with Gasteiger partial charge in [-0.15, -0.1) is 0 Å². The third kappa shape index (κ3) is 3.40. The first-order valence-corrected chi connectivity index (χ1v) is 7.18. The van der Waals surface area contributed by atoms with Gasteiger partial charge in [-0.3, -0.25) is 5.10 Å². The monoisotopic (exact) mass is 317 g/mol. The number of carbonyl (C=O) groups is 1. The molecule has 2 aromatic rings. The lowest BCUT2D eigenvalue weighted by Crippen LogP contribution is -2.28. The Kier molecular flexibility index (Phi) is 4.01. The van der Waals surface area contributed by atoms with Crippen LogP contribution in [0.3, 0.4) is 0 Å². The quantitative estimate of drug-likeness (QED) is 0.629. The van der Waals surface area contributed by atoms with Crippen molar-refractivity contribution >= 4 is 24.4 Å². The number of rotatable bonds is 6. The number of carboxylic acid groups (broad SMARTS) is 1. The standard InChI is InChI=1S/C14H14N4O3S/c19-12(20)8-21-11-5-1-9(2-6-11)7-15-18-13(10-3-4-10)16-17-14(18)22/h1-2,5-7,10H,3-4,8H2,(H,17,22)(H,19,20)/p-1/b15-7-. The first-order valence-electron chi connectivity index (χ1n) is 6.78. The van der Waals surface area contributed by atoms with Gasteiger partial charge in [-0.25, -0.2) is 0 Å². The van der Waals surface area contributed by atoms with Gasteiger partial charge in [0, 0.05) is 5.92 Å². The van der Waals surface area contributed by atoms with Crippen molar-refractivity contribution in [2.75, 3.05) is 6.61 Å². The van der Waals surface area contributed by atoms with Crippen LogP contribution in [0.2, 0.25) is 0 Å². The minimum Gasteiger partial charge on any atom is -0.546 e. The highest BCUT2D eigenvalue weighted by Crippen LogP contribution is 2.38. The Morgan fingerprint density at radius 3 is 2.86 bits per heavy atom. The van der Waals surface area contributed by atoms with Gasteiger partial charge in [0.25, 0.3) is 0 Å². The number of hydrogen-bond donors (Lipinski definition) is 1. The molecule has 1 fully saturated rings. The lowest BCUT2D eigenvalue weighted by atomic mass is 10.2. The fourth-order valence-corrected chi connectivity index (χ4v) is 2.12. The zero-order valence-electron chi connectivity index (χ0n) is 11.6. The highest BCUT2D eigenvalue weighted by molar-refractivity contribution is 7.71. The van der Waals surface area contributed by atoms with E-state index in [4.69, 9.17) is 17.0 Å². The van der Waals surface area contributed by atoms with E-state index in [1.54, 1.807) is 35.2 Å². The van der Waals surface area contributed by atoms with Gasteiger partial charge in [0.2, 0.25) is 4.77 Å². The van der Waals surface area contributed by atoms with Crippen LogP contribution < -0.4 is 9.84 Å². The van der Waals surface area contributed by atoms with Gasteiger partial charge in [-0.05, 0) is 54.9 Å². The molecule has 0 unspecified atom stereocenters. The minimum atomic E-state index is -1.26. The summed E-state index contributed by atoms with van der Waals surface area (Å²) in [7, 11) is 0. The normalized spacial score (nSPS) is 14.4. The van der Waals surface area contributed by atoms with E-state index < -0.39 is 12.6 Å². The van der Waals surface area contributed by atoms with Crippen LogP contribution in [0, 0.1) is 4.77 Å². The lowest BCUT2D eigenvalue weighted by Gasteiger charge is -2.06. The second kappa shape index (κ2) is 6.10. The SMILES string of the molecule is O=C([O-])COc1ccc(/C=N\n2c(C3CC3)n[nH]c2=S)cc1. The van der Waals surface area contributed by atoms with Crippen LogP contribution in [0.15, 0.2) is 29.4 Å². The molecule has 8 heteroatoms. The fourth-order valence-electron chi connectivity index (χ4n) is 1.94. The molecule has 0 aliphatic heterocycles. The molecule has 1 aromatic carbocycles. The van der Waals surface area contributed by atoms with Crippen molar-refractivity contribution < 1.29 is 14.6 Å². The van der Waals surface area contributed by atoms with Gasteiger partial charge < -0.3 is 14.6 Å². The number of hydrogen-bond acceptors (Lipinski definition) is 6. The molecular weight excluding hydrogens is 304 g/mol. The van der Waals surface area contributed by atoms with Crippen molar-refractivity contribution in [2.45, 2.75) is 18.8 Å². The summed E-state index contributed by atoms with van der Waals surface area (Å²) in [5.74, 6) is 0.494. The molecule has 1 heterocycles. The Labute approximate surface area is 131 Å². The van der Waals surface area contributed by atoms with Gasteiger partial charge in [0.1, 0.15) is 12.4 Å². The number of aromatic amines is 1. The number of carbonyl (C=O) groups excluding carboxylic acids is 1. The molecule has 0 amide bonds. The number of aromatic nitrogens is 3. The van der Waals surface area contributed by atoms with Gasteiger partial charge in [0.15, 0.2) is 5.82 Å². The maximum absolute atomic E-state index is 10.3. The zero-order valence-corrected chi connectivity index (χ0v) is 12.4. The molecule has 1 aromatic heterocycles. The van der Waals surface area contributed by atoms with E-state index in [0.717, 1.165) is 24.2 Å². The van der Waals surface area contributed by atoms with Crippen molar-refractivity contribution in [3.8, 4) is 5.75 Å². The topological polar surface area (TPSA) is 95.3 Å². The van der Waals surface area contributed by atoms with E-state index in [0.29, 0.717) is 16.4 Å². The van der Waals surface area contributed by atoms with E-state index in [-0.39, 0.29) is 0 Å². The van der Waals surface area contributed by atoms with Crippen molar-refractivity contribution in [1.82, 2.24) is 14.9 Å². The highest BCUT2D eigenvalue weighted by Gasteiger charge is 2.29. The van der Waals surface area contributed by atoms with Gasteiger partial charge >= 0.3 is 0 Å². The Bertz CT molecular complexity index is 759. The molecular formula is C14H13N4O3S-. The smallest absolute Gasteiger partial charge is 0.216 e. The third-order valence-electron chi connectivity index (χ3n) is 3.18. The molecule has 0 bridgehead atoms. The first kappa shape index (κ1) is 14.5. The van der Waals surface area contributed by atoms with Crippen LogP contribution in [0.5, 0.6) is 5.75 Å². The molecule has 114 valence electrons. The molecule has 22 heavy (non-hydrogen) atoms. The maximum Gasteiger partial charge on any atom is 0.216 e. The molecule has 0 spiro atoms.